The van der Waals surface area contributed by atoms with Crippen LogP contribution in [0.1, 0.15) is 34.7 Å². The molecule has 1 atom stereocenters. The van der Waals surface area contributed by atoms with Crippen LogP contribution in [0.15, 0.2) is 40.9 Å². The molecule has 1 aliphatic rings. The lowest BCUT2D eigenvalue weighted by atomic mass is 9.97. The zero-order valence-corrected chi connectivity index (χ0v) is 13.8. The molecule has 3 heteroatoms. The smallest absolute Gasteiger partial charge is 0.133 e. The molecule has 0 heterocycles. The van der Waals surface area contributed by atoms with Crippen LogP contribution in [0.4, 0.5) is 0 Å². The molecular formula is C18H20BrNO. The summed E-state index contributed by atoms with van der Waals surface area (Å²) in [5.41, 5.74) is 11.9. The molecule has 0 radical (unpaired) electrons. The number of ether oxygens (including phenoxy) is 1. The highest BCUT2D eigenvalue weighted by Crippen LogP contribution is 2.29. The SMILES string of the molecule is COc1ccc(C(N)Cc2ccc3c(c2)CCC3)cc1Br. The van der Waals surface area contributed by atoms with E-state index in [0.29, 0.717) is 0 Å². The Bertz CT molecular complexity index is 654. The molecule has 3 rings (SSSR count). The lowest BCUT2D eigenvalue weighted by molar-refractivity contribution is 0.412. The van der Waals surface area contributed by atoms with Gasteiger partial charge in [-0.15, -0.1) is 0 Å². The topological polar surface area (TPSA) is 35.2 Å². The summed E-state index contributed by atoms with van der Waals surface area (Å²) in [5, 5.41) is 0. The van der Waals surface area contributed by atoms with Crippen molar-refractivity contribution in [1.29, 1.82) is 0 Å². The zero-order chi connectivity index (χ0) is 14.8. The molecule has 2 aromatic rings. The standard InChI is InChI=1S/C18H20BrNO/c1-21-18-8-7-15(11-16(18)19)17(20)10-12-5-6-13-3-2-4-14(13)9-12/h5-9,11,17H,2-4,10,20H2,1H3. The maximum Gasteiger partial charge on any atom is 0.133 e. The van der Waals surface area contributed by atoms with Gasteiger partial charge in [0, 0.05) is 6.04 Å². The fourth-order valence-corrected chi connectivity index (χ4v) is 3.60. The van der Waals surface area contributed by atoms with Crippen molar-refractivity contribution in [1.82, 2.24) is 0 Å². The number of aryl methyl sites for hydroxylation is 2. The van der Waals surface area contributed by atoms with Crippen LogP contribution in [0.2, 0.25) is 0 Å². The van der Waals surface area contributed by atoms with Crippen LogP contribution in [0, 0.1) is 0 Å². The Morgan fingerprint density at radius 1 is 1.14 bits per heavy atom. The molecule has 0 fully saturated rings. The summed E-state index contributed by atoms with van der Waals surface area (Å²) in [5.74, 6) is 0.837. The Morgan fingerprint density at radius 2 is 1.95 bits per heavy atom. The van der Waals surface area contributed by atoms with Gasteiger partial charge < -0.3 is 10.5 Å². The van der Waals surface area contributed by atoms with Crippen LogP contribution in [-0.2, 0) is 19.3 Å². The number of rotatable bonds is 4. The van der Waals surface area contributed by atoms with E-state index in [0.717, 1.165) is 22.2 Å². The van der Waals surface area contributed by atoms with Crippen molar-refractivity contribution < 1.29 is 4.74 Å². The molecule has 0 bridgehead atoms. The van der Waals surface area contributed by atoms with Crippen LogP contribution >= 0.6 is 15.9 Å². The van der Waals surface area contributed by atoms with E-state index in [1.54, 1.807) is 7.11 Å². The minimum Gasteiger partial charge on any atom is -0.496 e. The Hall–Kier alpha value is -1.32. The van der Waals surface area contributed by atoms with Crippen molar-refractivity contribution in [3.63, 3.8) is 0 Å². The summed E-state index contributed by atoms with van der Waals surface area (Å²) in [6, 6.07) is 12.9. The van der Waals surface area contributed by atoms with Crippen molar-refractivity contribution in [2.24, 2.45) is 5.73 Å². The van der Waals surface area contributed by atoms with Gasteiger partial charge in [-0.25, -0.2) is 0 Å². The average Bonchev–Trinajstić information content (AvgIpc) is 2.94. The summed E-state index contributed by atoms with van der Waals surface area (Å²) in [6.45, 7) is 0. The van der Waals surface area contributed by atoms with Crippen LogP contribution in [-0.4, -0.2) is 7.11 Å². The van der Waals surface area contributed by atoms with E-state index in [9.17, 15) is 0 Å². The van der Waals surface area contributed by atoms with Crippen molar-refractivity contribution in [3.8, 4) is 5.75 Å². The highest BCUT2D eigenvalue weighted by atomic mass is 79.9. The number of methoxy groups -OCH3 is 1. The molecule has 1 aliphatic carbocycles. The number of hydrogen-bond acceptors (Lipinski definition) is 2. The molecule has 0 aliphatic heterocycles. The number of halogens is 1. The first kappa shape index (κ1) is 14.6. The second-order valence-electron chi connectivity index (χ2n) is 5.66. The van der Waals surface area contributed by atoms with Gasteiger partial charge >= 0.3 is 0 Å². The summed E-state index contributed by atoms with van der Waals surface area (Å²) in [6.07, 6.45) is 4.60. The van der Waals surface area contributed by atoms with E-state index >= 15 is 0 Å². The molecule has 2 nitrogen and oxygen atoms in total. The molecule has 2 N–H and O–H groups in total. The van der Waals surface area contributed by atoms with Gasteiger partial charge in [0.15, 0.2) is 0 Å². The molecule has 0 spiro atoms. The summed E-state index contributed by atoms with van der Waals surface area (Å²) in [4.78, 5) is 0. The number of benzene rings is 2. The summed E-state index contributed by atoms with van der Waals surface area (Å²) < 4.78 is 6.21. The first-order valence-electron chi connectivity index (χ1n) is 7.37. The monoisotopic (exact) mass is 345 g/mol. The third kappa shape index (κ3) is 3.14. The molecule has 110 valence electrons. The highest BCUT2D eigenvalue weighted by Gasteiger charge is 2.14. The van der Waals surface area contributed by atoms with Gasteiger partial charge in [-0.1, -0.05) is 24.3 Å². The molecule has 21 heavy (non-hydrogen) atoms. The highest BCUT2D eigenvalue weighted by molar-refractivity contribution is 9.10. The third-order valence-corrected chi connectivity index (χ3v) is 4.84. The average molecular weight is 346 g/mol. The van der Waals surface area contributed by atoms with Gasteiger partial charge in [0.05, 0.1) is 11.6 Å². The lowest BCUT2D eigenvalue weighted by Gasteiger charge is -2.14. The number of hydrogen-bond donors (Lipinski definition) is 1. The fourth-order valence-electron chi connectivity index (χ4n) is 3.04. The van der Waals surface area contributed by atoms with Gasteiger partial charge in [-0.2, -0.15) is 0 Å². The molecule has 0 saturated carbocycles. The fraction of sp³-hybridized carbons (Fsp3) is 0.333. The van der Waals surface area contributed by atoms with Crippen molar-refractivity contribution >= 4 is 15.9 Å². The predicted octanol–water partition coefficient (Wildman–Crippen LogP) is 4.19. The van der Waals surface area contributed by atoms with Crippen molar-refractivity contribution in [2.45, 2.75) is 31.7 Å². The minimum absolute atomic E-state index is 0.00617. The van der Waals surface area contributed by atoms with Crippen molar-refractivity contribution in [3.05, 3.63) is 63.1 Å². The molecule has 1 unspecified atom stereocenters. The van der Waals surface area contributed by atoms with Gasteiger partial charge in [0.2, 0.25) is 0 Å². The second kappa shape index (κ2) is 6.20. The third-order valence-electron chi connectivity index (χ3n) is 4.22. The molecule has 0 saturated heterocycles. The first-order chi connectivity index (χ1) is 10.2. The summed E-state index contributed by atoms with van der Waals surface area (Å²) >= 11 is 3.52. The summed E-state index contributed by atoms with van der Waals surface area (Å²) in [7, 11) is 1.67. The van der Waals surface area contributed by atoms with E-state index < -0.39 is 0 Å². The van der Waals surface area contributed by atoms with Crippen LogP contribution in [0.5, 0.6) is 5.75 Å². The molecule has 0 amide bonds. The van der Waals surface area contributed by atoms with E-state index in [2.05, 4.69) is 40.2 Å². The lowest BCUT2D eigenvalue weighted by Crippen LogP contribution is -2.13. The van der Waals surface area contributed by atoms with Gasteiger partial charge in [-0.05, 0) is 76.0 Å². The zero-order valence-electron chi connectivity index (χ0n) is 12.2. The van der Waals surface area contributed by atoms with Crippen LogP contribution < -0.4 is 10.5 Å². The largest absolute Gasteiger partial charge is 0.496 e. The Labute approximate surface area is 134 Å². The van der Waals surface area contributed by atoms with Crippen LogP contribution in [0.25, 0.3) is 0 Å². The Kier molecular flexibility index (Phi) is 4.32. The van der Waals surface area contributed by atoms with Gasteiger partial charge in [-0.3, -0.25) is 0 Å². The minimum atomic E-state index is 0.00617. The predicted molar refractivity (Wildman–Crippen MR) is 89.8 cm³/mol. The molecule has 0 aromatic heterocycles. The second-order valence-corrected chi connectivity index (χ2v) is 6.52. The van der Waals surface area contributed by atoms with E-state index in [4.69, 9.17) is 10.5 Å². The van der Waals surface area contributed by atoms with E-state index in [1.807, 2.05) is 12.1 Å². The maximum absolute atomic E-state index is 6.37. The quantitative estimate of drug-likeness (QED) is 0.901. The van der Waals surface area contributed by atoms with Crippen molar-refractivity contribution in [2.75, 3.05) is 7.11 Å². The van der Waals surface area contributed by atoms with E-state index in [1.165, 1.54) is 36.0 Å². The van der Waals surface area contributed by atoms with Gasteiger partial charge in [0.1, 0.15) is 5.75 Å². The maximum atomic E-state index is 6.37. The van der Waals surface area contributed by atoms with E-state index in [-0.39, 0.29) is 6.04 Å². The Morgan fingerprint density at radius 3 is 2.71 bits per heavy atom. The first-order valence-corrected chi connectivity index (χ1v) is 8.16. The number of nitrogens with two attached hydrogens (primary N) is 1. The van der Waals surface area contributed by atoms with Gasteiger partial charge in [0.25, 0.3) is 0 Å². The number of fused-ring (bicyclic) bond motifs is 1. The Balaban J connectivity index is 1.76. The normalized spacial score (nSPS) is 14.8. The molecular weight excluding hydrogens is 326 g/mol. The van der Waals surface area contributed by atoms with Crippen LogP contribution in [0.3, 0.4) is 0 Å². The molecule has 2 aromatic carbocycles.